The summed E-state index contributed by atoms with van der Waals surface area (Å²) < 4.78 is 43.7. The first-order valence-corrected chi connectivity index (χ1v) is 19.0. The first kappa shape index (κ1) is 46.0. The highest BCUT2D eigenvalue weighted by molar-refractivity contribution is 5.83. The van der Waals surface area contributed by atoms with Crippen molar-refractivity contribution in [2.45, 2.75) is 172 Å². The van der Waals surface area contributed by atoms with Gasteiger partial charge in [-0.25, -0.2) is 0 Å². The Morgan fingerprint density at radius 1 is 0.849 bits per heavy atom. The molecule has 0 aromatic rings. The van der Waals surface area contributed by atoms with Crippen molar-refractivity contribution in [2.75, 3.05) is 34.9 Å². The van der Waals surface area contributed by atoms with E-state index in [0.717, 1.165) is 0 Å². The molecular formula is C38H69NO14. The number of rotatable bonds is 9. The molecule has 3 heterocycles. The second-order valence-electron chi connectivity index (χ2n) is 16.7. The van der Waals surface area contributed by atoms with E-state index >= 15 is 0 Å². The lowest BCUT2D eigenvalue weighted by Crippen LogP contribution is -2.61. The van der Waals surface area contributed by atoms with Crippen LogP contribution >= 0.6 is 0 Å². The Bertz CT molecular complexity index is 1210. The predicted molar refractivity (Wildman–Crippen MR) is 192 cm³/mol. The van der Waals surface area contributed by atoms with Gasteiger partial charge in [0.1, 0.15) is 29.7 Å². The van der Waals surface area contributed by atoms with Crippen molar-refractivity contribution in [3.8, 4) is 0 Å². The van der Waals surface area contributed by atoms with E-state index in [1.807, 2.05) is 25.9 Å². The van der Waals surface area contributed by atoms with Gasteiger partial charge in [-0.15, -0.1) is 0 Å². The van der Waals surface area contributed by atoms with Crippen molar-refractivity contribution in [3.05, 3.63) is 0 Å². The van der Waals surface area contributed by atoms with Gasteiger partial charge in [-0.2, -0.15) is 0 Å². The molecule has 3 aliphatic heterocycles. The van der Waals surface area contributed by atoms with Gasteiger partial charge in [0.2, 0.25) is 0 Å². The average molecular weight is 764 g/mol. The third-order valence-corrected chi connectivity index (χ3v) is 12.3. The van der Waals surface area contributed by atoms with Crippen molar-refractivity contribution in [2.24, 2.45) is 23.7 Å². The number of ether oxygens (including phenoxy) is 7. The van der Waals surface area contributed by atoms with Crippen LogP contribution in [0.25, 0.3) is 0 Å². The first-order valence-electron chi connectivity index (χ1n) is 19.0. The largest absolute Gasteiger partial charge is 0.459 e. The molecule has 15 nitrogen and oxygen atoms in total. The van der Waals surface area contributed by atoms with Crippen molar-refractivity contribution >= 4 is 11.8 Å². The summed E-state index contributed by atoms with van der Waals surface area (Å²) in [6.45, 7) is 14.5. The van der Waals surface area contributed by atoms with Crippen LogP contribution in [0, 0.1) is 23.7 Å². The monoisotopic (exact) mass is 763 g/mol. The normalized spacial score (nSPS) is 48.3. The summed E-state index contributed by atoms with van der Waals surface area (Å²) in [6, 6.07) is -0.304. The number of carbonyl (C=O) groups is 2. The van der Waals surface area contributed by atoms with Gasteiger partial charge in [0, 0.05) is 57.5 Å². The second kappa shape index (κ2) is 18.3. The standard InChI is InChI=1S/C38H69NO14/c1-19-17-37(8,48-13)33(53-35-29(42)25(39(10)11)16-20(2)49-35)22(4)30(52-27-18-36(7,47-12)32(44)24(6)50-27)23(5)34(45)51-26(14-15-40)38(9,46)31(43)21(3)28(19)41/h19-27,29-33,35,40,42-44,46H,14-18H2,1-13H3/t19-,20-,21+,22+,23-,24+,25+,26-,27+,29-,30+,31-,32+,33-,35+,36-,37-,38-/m1/s1. The van der Waals surface area contributed by atoms with Gasteiger partial charge in [0.15, 0.2) is 12.6 Å². The molecule has 0 spiro atoms. The van der Waals surface area contributed by atoms with E-state index in [-0.39, 0.29) is 37.2 Å². The quantitative estimate of drug-likeness (QED) is 0.211. The van der Waals surface area contributed by atoms with Gasteiger partial charge in [0.25, 0.3) is 0 Å². The molecule has 0 bridgehead atoms. The second-order valence-corrected chi connectivity index (χ2v) is 16.7. The molecule has 0 radical (unpaired) electrons. The lowest BCUT2D eigenvalue weighted by molar-refractivity contribution is -0.319. The summed E-state index contributed by atoms with van der Waals surface area (Å²) in [5.41, 5.74) is -4.47. The molecule has 310 valence electrons. The molecule has 0 amide bonds. The molecule has 0 aromatic carbocycles. The summed E-state index contributed by atoms with van der Waals surface area (Å²) in [7, 11) is 6.70. The van der Waals surface area contributed by atoms with Gasteiger partial charge >= 0.3 is 5.97 Å². The van der Waals surface area contributed by atoms with E-state index < -0.39 is 108 Å². The maximum absolute atomic E-state index is 14.2. The van der Waals surface area contributed by atoms with Crippen LogP contribution in [0.5, 0.6) is 0 Å². The minimum Gasteiger partial charge on any atom is -0.459 e. The van der Waals surface area contributed by atoms with Gasteiger partial charge < -0.3 is 63.6 Å². The molecule has 18 atom stereocenters. The van der Waals surface area contributed by atoms with Crippen LogP contribution < -0.4 is 0 Å². The van der Waals surface area contributed by atoms with Gasteiger partial charge in [-0.3, -0.25) is 9.59 Å². The minimum absolute atomic E-state index is 0.0720. The average Bonchev–Trinajstić information content (AvgIpc) is 3.10. The Labute approximate surface area is 315 Å². The van der Waals surface area contributed by atoms with Gasteiger partial charge in [-0.05, 0) is 68.5 Å². The van der Waals surface area contributed by atoms with Crippen LogP contribution in [0.15, 0.2) is 0 Å². The van der Waals surface area contributed by atoms with Crippen LogP contribution in [-0.4, -0.2) is 161 Å². The van der Waals surface area contributed by atoms with E-state index in [9.17, 15) is 35.1 Å². The fourth-order valence-electron chi connectivity index (χ4n) is 8.56. The lowest BCUT2D eigenvalue weighted by atomic mass is 9.73. The van der Waals surface area contributed by atoms with E-state index in [1.54, 1.807) is 41.5 Å². The molecule has 53 heavy (non-hydrogen) atoms. The Morgan fingerprint density at radius 3 is 2.00 bits per heavy atom. The summed E-state index contributed by atoms with van der Waals surface area (Å²) >= 11 is 0. The SMILES string of the molecule is CO[C@]1(C)C[C@@H](C)C(=O)[C@H](C)[C@@H](O)[C@](C)(O)[C@@H](CCO)OC(=O)[C@H](C)[C@@H](O[C@H]2C[C@@](C)(OC)[C@@H](O)[C@H](C)O2)[C@H](C)[C@H]1O[C@@H]1O[C@H](C)C[C@H](N(C)C)[C@H]1O. The van der Waals surface area contributed by atoms with Crippen LogP contribution in [0.3, 0.4) is 0 Å². The molecule has 3 rings (SSSR count). The molecular weight excluding hydrogens is 694 g/mol. The summed E-state index contributed by atoms with van der Waals surface area (Å²) in [5, 5.41) is 55.5. The molecule has 3 aliphatic rings. The molecule has 0 aliphatic carbocycles. The van der Waals surface area contributed by atoms with Crippen LogP contribution in [-0.2, 0) is 42.7 Å². The van der Waals surface area contributed by atoms with E-state index in [0.29, 0.717) is 6.42 Å². The zero-order chi connectivity index (χ0) is 40.4. The molecule has 0 aromatic heterocycles. The van der Waals surface area contributed by atoms with Crippen molar-refractivity contribution in [1.29, 1.82) is 0 Å². The number of carbonyl (C=O) groups excluding carboxylic acids is 2. The number of likely N-dealkylation sites (N-methyl/N-ethyl adjacent to an activating group) is 1. The number of hydrogen-bond donors (Lipinski definition) is 5. The highest BCUT2D eigenvalue weighted by Gasteiger charge is 2.54. The third-order valence-electron chi connectivity index (χ3n) is 12.3. The Morgan fingerprint density at radius 2 is 1.45 bits per heavy atom. The fourth-order valence-corrected chi connectivity index (χ4v) is 8.56. The molecule has 3 fully saturated rings. The number of cyclic esters (lactones) is 1. The number of aliphatic hydroxyl groups is 5. The number of methoxy groups -OCH3 is 2. The topological polar surface area (TPSA) is 203 Å². The van der Waals surface area contributed by atoms with E-state index in [1.165, 1.54) is 28.1 Å². The minimum atomic E-state index is -2.12. The smallest absolute Gasteiger partial charge is 0.311 e. The van der Waals surface area contributed by atoms with Crippen molar-refractivity contribution < 1.29 is 68.3 Å². The zero-order valence-electron chi connectivity index (χ0n) is 34.1. The van der Waals surface area contributed by atoms with Crippen LogP contribution in [0.1, 0.15) is 88.0 Å². The number of aliphatic hydroxyl groups excluding tert-OH is 4. The predicted octanol–water partition coefficient (Wildman–Crippen LogP) is 1.41. The molecule has 0 unspecified atom stereocenters. The van der Waals surface area contributed by atoms with E-state index in [2.05, 4.69) is 0 Å². The van der Waals surface area contributed by atoms with E-state index in [4.69, 9.17) is 33.2 Å². The number of Topliss-reactive ketones (excluding diaryl/α,β-unsaturated/α-hetero) is 1. The van der Waals surface area contributed by atoms with Crippen LogP contribution in [0.4, 0.5) is 0 Å². The summed E-state index contributed by atoms with van der Waals surface area (Å²) in [4.78, 5) is 30.1. The molecule has 15 heteroatoms. The van der Waals surface area contributed by atoms with Crippen LogP contribution in [0.2, 0.25) is 0 Å². The lowest BCUT2D eigenvalue weighted by Gasteiger charge is -2.50. The number of hydrogen-bond acceptors (Lipinski definition) is 15. The fraction of sp³-hybridized carbons (Fsp3) is 0.947. The maximum Gasteiger partial charge on any atom is 0.311 e. The number of nitrogens with zero attached hydrogens (tertiary/aromatic N) is 1. The Balaban J connectivity index is 2.23. The van der Waals surface area contributed by atoms with Gasteiger partial charge in [-0.1, -0.05) is 20.8 Å². The van der Waals surface area contributed by atoms with Crippen molar-refractivity contribution in [1.82, 2.24) is 4.90 Å². The zero-order valence-corrected chi connectivity index (χ0v) is 34.1. The highest BCUT2D eigenvalue weighted by Crippen LogP contribution is 2.41. The van der Waals surface area contributed by atoms with Gasteiger partial charge in [0.05, 0.1) is 47.6 Å². The third kappa shape index (κ3) is 9.98. The molecule has 3 saturated heterocycles. The first-order chi connectivity index (χ1) is 24.5. The Kier molecular flexibility index (Phi) is 15.9. The number of ketones is 1. The Hall–Kier alpha value is -1.34. The number of esters is 1. The van der Waals surface area contributed by atoms with Crippen molar-refractivity contribution in [3.63, 3.8) is 0 Å². The summed E-state index contributed by atoms with van der Waals surface area (Å²) in [6.07, 6.45) is -9.81. The maximum atomic E-state index is 14.2. The highest BCUT2D eigenvalue weighted by atomic mass is 16.7. The molecule has 5 N–H and O–H groups in total. The molecule has 0 saturated carbocycles. The summed E-state index contributed by atoms with van der Waals surface area (Å²) in [5.74, 6) is -4.89.